The van der Waals surface area contributed by atoms with Crippen LogP contribution in [0.4, 0.5) is 8.78 Å². The third-order valence-electron chi connectivity index (χ3n) is 5.50. The van der Waals surface area contributed by atoms with Gasteiger partial charge in [-0.05, 0) is 56.5 Å². The van der Waals surface area contributed by atoms with E-state index in [1.54, 1.807) is 6.07 Å². The molecular formula is C28H31F2NO2. The number of halogens is 2. The lowest BCUT2D eigenvalue weighted by atomic mass is 9.96. The maximum atomic E-state index is 14.3. The van der Waals surface area contributed by atoms with Crippen LogP contribution in [0, 0.1) is 11.6 Å². The number of nitrogens with zero attached hydrogens (tertiary/aromatic N) is 1. The fourth-order valence-electron chi connectivity index (χ4n) is 3.92. The number of carbonyl (C=O) groups is 1. The van der Waals surface area contributed by atoms with Crippen LogP contribution < -0.4 is 0 Å². The predicted octanol–water partition coefficient (Wildman–Crippen LogP) is 7.00. The van der Waals surface area contributed by atoms with Crippen LogP contribution in [0.3, 0.4) is 0 Å². The fraction of sp³-hybridized carbons (Fsp3) is 0.321. The normalized spacial score (nSPS) is 13.5. The average Bonchev–Trinajstić information content (AvgIpc) is 2.78. The highest BCUT2D eigenvalue weighted by atomic mass is 19.2. The molecule has 0 radical (unpaired) electrons. The van der Waals surface area contributed by atoms with E-state index in [9.17, 15) is 13.6 Å². The van der Waals surface area contributed by atoms with Gasteiger partial charge in [-0.15, -0.1) is 0 Å². The highest BCUT2D eigenvalue weighted by Gasteiger charge is 2.31. The van der Waals surface area contributed by atoms with E-state index in [0.29, 0.717) is 12.1 Å². The van der Waals surface area contributed by atoms with Crippen molar-refractivity contribution in [3.8, 4) is 0 Å². The molecule has 0 heterocycles. The first-order valence-corrected chi connectivity index (χ1v) is 11.2. The summed E-state index contributed by atoms with van der Waals surface area (Å²) in [5.74, 6) is -2.25. The molecule has 3 rings (SSSR count). The van der Waals surface area contributed by atoms with Gasteiger partial charge in [0.25, 0.3) is 0 Å². The van der Waals surface area contributed by atoms with E-state index in [0.717, 1.165) is 17.2 Å². The van der Waals surface area contributed by atoms with E-state index in [1.165, 1.54) is 6.07 Å². The lowest BCUT2D eigenvalue weighted by molar-refractivity contribution is -0.156. The molecule has 174 valence electrons. The van der Waals surface area contributed by atoms with Gasteiger partial charge in [0.05, 0.1) is 6.42 Å². The molecule has 0 spiro atoms. The van der Waals surface area contributed by atoms with E-state index in [1.807, 2.05) is 81.4 Å². The summed E-state index contributed by atoms with van der Waals surface area (Å²) >= 11 is 0. The minimum Gasteiger partial charge on any atom is -0.460 e. The number of carbonyl (C=O) groups excluding carboxylic acids is 1. The second kappa shape index (κ2) is 10.7. The lowest BCUT2D eigenvalue weighted by Gasteiger charge is -2.37. The van der Waals surface area contributed by atoms with Gasteiger partial charge in [-0.3, -0.25) is 9.69 Å². The fourth-order valence-corrected chi connectivity index (χ4v) is 3.92. The van der Waals surface area contributed by atoms with Gasteiger partial charge in [0.2, 0.25) is 0 Å². The molecule has 0 N–H and O–H groups in total. The zero-order valence-corrected chi connectivity index (χ0v) is 19.6. The van der Waals surface area contributed by atoms with Crippen molar-refractivity contribution in [2.24, 2.45) is 0 Å². The highest BCUT2D eigenvalue weighted by Crippen LogP contribution is 2.35. The third-order valence-corrected chi connectivity index (χ3v) is 5.50. The molecule has 0 saturated carbocycles. The van der Waals surface area contributed by atoms with Crippen molar-refractivity contribution in [2.45, 2.75) is 58.3 Å². The van der Waals surface area contributed by atoms with Crippen molar-refractivity contribution in [1.82, 2.24) is 4.90 Å². The number of ether oxygens (including phenoxy) is 1. The van der Waals surface area contributed by atoms with Gasteiger partial charge in [0, 0.05) is 18.6 Å². The Morgan fingerprint density at radius 2 is 1.48 bits per heavy atom. The largest absolute Gasteiger partial charge is 0.460 e. The minimum absolute atomic E-state index is 0.00630. The molecule has 2 atom stereocenters. The van der Waals surface area contributed by atoms with Gasteiger partial charge >= 0.3 is 5.97 Å². The molecule has 0 unspecified atom stereocenters. The van der Waals surface area contributed by atoms with Crippen LogP contribution in [0.25, 0.3) is 0 Å². The summed E-state index contributed by atoms with van der Waals surface area (Å²) in [4.78, 5) is 15.0. The summed E-state index contributed by atoms with van der Waals surface area (Å²) in [6, 6.07) is 23.0. The Balaban J connectivity index is 2.06. The van der Waals surface area contributed by atoms with Crippen LogP contribution in [0.5, 0.6) is 0 Å². The number of esters is 1. The SMILES string of the molecule is C[C@@H](c1ccccc1)N(Cc1ccccc1)[C@H](CC(=O)OC(C)(C)C)c1ccc(F)c(F)c1. The van der Waals surface area contributed by atoms with Gasteiger partial charge in [-0.25, -0.2) is 8.78 Å². The number of hydrogen-bond acceptors (Lipinski definition) is 3. The first-order chi connectivity index (χ1) is 15.6. The molecule has 3 nitrogen and oxygen atoms in total. The molecule has 3 aromatic carbocycles. The van der Waals surface area contributed by atoms with Crippen molar-refractivity contribution in [2.75, 3.05) is 0 Å². The summed E-state index contributed by atoms with van der Waals surface area (Å²) in [5, 5.41) is 0. The van der Waals surface area contributed by atoms with Gasteiger partial charge in [0.1, 0.15) is 5.60 Å². The third kappa shape index (κ3) is 6.96. The topological polar surface area (TPSA) is 29.5 Å². The summed E-state index contributed by atoms with van der Waals surface area (Å²) in [6.45, 7) is 8.01. The van der Waals surface area contributed by atoms with Crippen molar-refractivity contribution in [1.29, 1.82) is 0 Å². The van der Waals surface area contributed by atoms with Crippen molar-refractivity contribution in [3.05, 3.63) is 107 Å². The predicted molar refractivity (Wildman–Crippen MR) is 126 cm³/mol. The maximum Gasteiger partial charge on any atom is 0.308 e. The average molecular weight is 452 g/mol. The van der Waals surface area contributed by atoms with Gasteiger partial charge in [0.15, 0.2) is 11.6 Å². The van der Waals surface area contributed by atoms with Gasteiger partial charge in [-0.1, -0.05) is 66.7 Å². The first-order valence-electron chi connectivity index (χ1n) is 11.2. The molecule has 0 aliphatic heterocycles. The van der Waals surface area contributed by atoms with Crippen molar-refractivity contribution >= 4 is 5.97 Å². The van der Waals surface area contributed by atoms with E-state index in [-0.39, 0.29) is 12.5 Å². The minimum atomic E-state index is -0.936. The van der Waals surface area contributed by atoms with Crippen molar-refractivity contribution in [3.63, 3.8) is 0 Å². The summed E-state index contributed by atoms with van der Waals surface area (Å²) < 4.78 is 33.6. The van der Waals surface area contributed by atoms with Crippen LogP contribution in [0.15, 0.2) is 78.9 Å². The number of rotatable bonds is 8. The van der Waals surface area contributed by atoms with Gasteiger partial charge < -0.3 is 4.74 Å². The Labute approximate surface area is 195 Å². The summed E-state index contributed by atoms with van der Waals surface area (Å²) in [5.41, 5.74) is 1.99. The van der Waals surface area contributed by atoms with Crippen LogP contribution in [0.2, 0.25) is 0 Å². The molecule has 0 saturated heterocycles. The standard InChI is InChI=1S/C28H31F2NO2/c1-20(22-13-9-6-10-14-22)31(19-21-11-7-5-8-12-21)26(18-27(32)33-28(2,3)4)23-15-16-24(29)25(30)17-23/h5-17,20,26H,18-19H2,1-4H3/t20-,26+/m0/s1. The molecule has 0 aliphatic carbocycles. The first kappa shape index (κ1) is 24.6. The molecule has 0 aromatic heterocycles. The Morgan fingerprint density at radius 1 is 0.879 bits per heavy atom. The molecule has 5 heteroatoms. The molecule has 33 heavy (non-hydrogen) atoms. The smallest absolute Gasteiger partial charge is 0.308 e. The zero-order valence-electron chi connectivity index (χ0n) is 19.6. The van der Waals surface area contributed by atoms with E-state index < -0.39 is 29.2 Å². The highest BCUT2D eigenvalue weighted by molar-refractivity contribution is 5.71. The summed E-state index contributed by atoms with van der Waals surface area (Å²) in [7, 11) is 0. The van der Waals surface area contributed by atoms with Crippen LogP contribution in [0.1, 0.15) is 62.9 Å². The Morgan fingerprint density at radius 3 is 2.06 bits per heavy atom. The number of hydrogen-bond donors (Lipinski definition) is 0. The Kier molecular flexibility index (Phi) is 7.98. The number of benzene rings is 3. The van der Waals surface area contributed by atoms with Crippen LogP contribution in [-0.2, 0) is 16.1 Å². The van der Waals surface area contributed by atoms with Gasteiger partial charge in [-0.2, -0.15) is 0 Å². The molecule has 3 aromatic rings. The zero-order chi connectivity index (χ0) is 24.0. The van der Waals surface area contributed by atoms with E-state index >= 15 is 0 Å². The van der Waals surface area contributed by atoms with E-state index in [2.05, 4.69) is 11.8 Å². The van der Waals surface area contributed by atoms with Crippen LogP contribution >= 0.6 is 0 Å². The molecular weight excluding hydrogens is 420 g/mol. The summed E-state index contributed by atoms with van der Waals surface area (Å²) in [6.07, 6.45) is 0.00630. The second-order valence-corrected chi connectivity index (χ2v) is 9.22. The van der Waals surface area contributed by atoms with Crippen molar-refractivity contribution < 1.29 is 18.3 Å². The molecule has 0 aliphatic rings. The lowest BCUT2D eigenvalue weighted by Crippen LogP contribution is -2.34. The quantitative estimate of drug-likeness (QED) is 0.345. The Hall–Kier alpha value is -3.05. The second-order valence-electron chi connectivity index (χ2n) is 9.22. The monoisotopic (exact) mass is 451 g/mol. The van der Waals surface area contributed by atoms with Crippen LogP contribution in [-0.4, -0.2) is 16.5 Å². The van der Waals surface area contributed by atoms with E-state index in [4.69, 9.17) is 4.74 Å². The maximum absolute atomic E-state index is 14.3. The molecule has 0 fully saturated rings. The molecule has 0 amide bonds. The Bertz CT molecular complexity index is 1050. The molecule has 0 bridgehead atoms.